The third-order valence-corrected chi connectivity index (χ3v) is 7.92. The van der Waals surface area contributed by atoms with Gasteiger partial charge in [-0.15, -0.1) is 0 Å². The van der Waals surface area contributed by atoms with Crippen LogP contribution in [0.2, 0.25) is 0 Å². The van der Waals surface area contributed by atoms with Gasteiger partial charge in [-0.25, -0.2) is 0 Å². The lowest BCUT2D eigenvalue weighted by Crippen LogP contribution is -2.66. The van der Waals surface area contributed by atoms with Crippen molar-refractivity contribution in [2.75, 3.05) is 0 Å². The number of aliphatic hydroxyl groups is 1. The van der Waals surface area contributed by atoms with Gasteiger partial charge in [0.15, 0.2) is 5.78 Å². The largest absolute Gasteiger partial charge is 0.459 e. The number of hydrogen-bond donors (Lipinski definition) is 1. The van der Waals surface area contributed by atoms with Crippen molar-refractivity contribution in [3.8, 4) is 0 Å². The number of ketones is 1. The summed E-state index contributed by atoms with van der Waals surface area (Å²) in [6, 6.07) is 0. The molecule has 4 heteroatoms. The SMILES string of the molecule is C=C1CC23CCC4C(C)(C)OC(=O)CCC4(C)C2CC1C(O)C3=O. The van der Waals surface area contributed by atoms with Crippen LogP contribution in [0.1, 0.15) is 59.3 Å². The standard InChI is InChI=1S/C20H28O4/c1-11-10-20-8-5-13-18(2,3)24-15(21)6-7-19(13,4)14(20)9-12(11)16(22)17(20)23/h12-14,16,22H,1,5-10H2,2-4H3. The lowest BCUT2D eigenvalue weighted by Gasteiger charge is -2.65. The summed E-state index contributed by atoms with van der Waals surface area (Å²) in [6.07, 6.45) is 3.50. The van der Waals surface area contributed by atoms with Crippen molar-refractivity contribution in [3.05, 3.63) is 12.2 Å². The van der Waals surface area contributed by atoms with Gasteiger partial charge in [-0.3, -0.25) is 9.59 Å². The Balaban J connectivity index is 1.82. The monoisotopic (exact) mass is 332 g/mol. The second kappa shape index (κ2) is 4.72. The van der Waals surface area contributed by atoms with Gasteiger partial charge in [0.05, 0.1) is 0 Å². The number of aliphatic hydroxyl groups excluding tert-OH is 1. The number of carbonyl (C=O) groups is 2. The van der Waals surface area contributed by atoms with E-state index in [1.54, 1.807) is 0 Å². The van der Waals surface area contributed by atoms with Crippen LogP contribution in [0.3, 0.4) is 0 Å². The molecule has 0 amide bonds. The summed E-state index contributed by atoms with van der Waals surface area (Å²) in [7, 11) is 0. The highest BCUT2D eigenvalue weighted by molar-refractivity contribution is 5.92. The number of Topliss-reactive ketones (excluding diaryl/α,β-unsaturated/α-hetero) is 1. The Hall–Kier alpha value is -1.16. The fourth-order valence-corrected chi connectivity index (χ4v) is 6.93. The third kappa shape index (κ3) is 1.84. The van der Waals surface area contributed by atoms with Crippen LogP contribution in [0.5, 0.6) is 0 Å². The molecular formula is C20H28O4. The fraction of sp³-hybridized carbons (Fsp3) is 0.800. The summed E-state index contributed by atoms with van der Waals surface area (Å²) in [5.74, 6) is 0.267. The number of rotatable bonds is 0. The molecule has 5 rings (SSSR count). The first-order valence-electron chi connectivity index (χ1n) is 9.24. The molecule has 1 saturated heterocycles. The second-order valence-electron chi connectivity index (χ2n) is 9.37. The summed E-state index contributed by atoms with van der Waals surface area (Å²) in [5.41, 5.74) is -0.0392. The van der Waals surface area contributed by atoms with Gasteiger partial charge in [0, 0.05) is 23.7 Å². The van der Waals surface area contributed by atoms with Crippen molar-refractivity contribution in [1.29, 1.82) is 0 Å². The van der Waals surface area contributed by atoms with E-state index in [1.165, 1.54) is 0 Å². The Morgan fingerprint density at radius 2 is 1.88 bits per heavy atom. The Labute approximate surface area is 143 Å². The van der Waals surface area contributed by atoms with Gasteiger partial charge in [0.1, 0.15) is 11.7 Å². The van der Waals surface area contributed by atoms with E-state index in [-0.39, 0.29) is 34.9 Å². The summed E-state index contributed by atoms with van der Waals surface area (Å²) in [6.45, 7) is 10.5. The molecule has 4 aliphatic carbocycles. The van der Waals surface area contributed by atoms with Crippen molar-refractivity contribution >= 4 is 11.8 Å². The molecule has 0 aromatic carbocycles. The molecule has 0 aromatic rings. The van der Waals surface area contributed by atoms with Gasteiger partial charge in [-0.2, -0.15) is 0 Å². The molecule has 1 heterocycles. The van der Waals surface area contributed by atoms with E-state index in [0.717, 1.165) is 37.7 Å². The van der Waals surface area contributed by atoms with E-state index in [9.17, 15) is 14.7 Å². The Morgan fingerprint density at radius 3 is 2.58 bits per heavy atom. The van der Waals surface area contributed by atoms with Crippen molar-refractivity contribution in [1.82, 2.24) is 0 Å². The molecule has 1 spiro atoms. The van der Waals surface area contributed by atoms with Crippen molar-refractivity contribution < 1.29 is 19.4 Å². The first-order chi connectivity index (χ1) is 11.1. The highest BCUT2D eigenvalue weighted by atomic mass is 16.6. The maximum Gasteiger partial charge on any atom is 0.306 e. The van der Waals surface area contributed by atoms with Crippen LogP contribution in [-0.2, 0) is 14.3 Å². The summed E-state index contributed by atoms with van der Waals surface area (Å²) in [5, 5.41) is 10.5. The van der Waals surface area contributed by atoms with Crippen LogP contribution in [0, 0.1) is 28.6 Å². The van der Waals surface area contributed by atoms with E-state index >= 15 is 0 Å². The molecular weight excluding hydrogens is 304 g/mol. The molecule has 4 saturated carbocycles. The number of esters is 1. The Kier molecular flexibility index (Phi) is 3.21. The minimum absolute atomic E-state index is 0.0325. The first-order valence-corrected chi connectivity index (χ1v) is 9.24. The molecule has 5 fully saturated rings. The smallest absolute Gasteiger partial charge is 0.306 e. The maximum atomic E-state index is 13.0. The summed E-state index contributed by atoms with van der Waals surface area (Å²) >= 11 is 0. The lowest BCUT2D eigenvalue weighted by atomic mass is 9.39. The van der Waals surface area contributed by atoms with E-state index in [2.05, 4.69) is 13.5 Å². The van der Waals surface area contributed by atoms with Gasteiger partial charge in [0.2, 0.25) is 0 Å². The minimum Gasteiger partial charge on any atom is -0.459 e. The lowest BCUT2D eigenvalue weighted by molar-refractivity contribution is -0.195. The Morgan fingerprint density at radius 1 is 1.17 bits per heavy atom. The van der Waals surface area contributed by atoms with E-state index in [4.69, 9.17) is 4.74 Å². The normalized spacial score (nSPS) is 49.9. The second-order valence-corrected chi connectivity index (χ2v) is 9.37. The van der Waals surface area contributed by atoms with Crippen LogP contribution in [0.4, 0.5) is 0 Å². The zero-order valence-corrected chi connectivity index (χ0v) is 14.9. The van der Waals surface area contributed by atoms with Crippen molar-refractivity contribution in [2.24, 2.45) is 28.6 Å². The van der Waals surface area contributed by atoms with E-state index in [1.807, 2.05) is 13.8 Å². The molecule has 132 valence electrons. The number of fused-ring (bicyclic) bond motifs is 3. The third-order valence-electron chi connectivity index (χ3n) is 7.92. The van der Waals surface area contributed by atoms with Crippen LogP contribution >= 0.6 is 0 Å². The minimum atomic E-state index is -0.876. The molecule has 6 atom stereocenters. The van der Waals surface area contributed by atoms with Crippen LogP contribution in [0.15, 0.2) is 12.2 Å². The molecule has 0 radical (unpaired) electrons. The van der Waals surface area contributed by atoms with Crippen molar-refractivity contribution in [2.45, 2.75) is 71.0 Å². The zero-order chi connectivity index (χ0) is 17.5. The van der Waals surface area contributed by atoms with Gasteiger partial charge in [0.25, 0.3) is 0 Å². The van der Waals surface area contributed by atoms with Gasteiger partial charge in [-0.05, 0) is 57.3 Å². The first kappa shape index (κ1) is 16.3. The molecule has 1 aliphatic heterocycles. The van der Waals surface area contributed by atoms with E-state index in [0.29, 0.717) is 6.42 Å². The molecule has 0 aromatic heterocycles. The zero-order valence-electron chi connectivity index (χ0n) is 14.9. The highest BCUT2D eigenvalue weighted by Crippen LogP contribution is 2.69. The topological polar surface area (TPSA) is 63.6 Å². The maximum absolute atomic E-state index is 13.0. The predicted molar refractivity (Wildman–Crippen MR) is 89.0 cm³/mol. The van der Waals surface area contributed by atoms with E-state index < -0.39 is 17.1 Å². The number of ether oxygens (including phenoxy) is 1. The quantitative estimate of drug-likeness (QED) is 0.547. The average Bonchev–Trinajstić information content (AvgIpc) is 2.57. The van der Waals surface area contributed by atoms with Crippen molar-refractivity contribution in [3.63, 3.8) is 0 Å². The van der Waals surface area contributed by atoms with Gasteiger partial charge < -0.3 is 9.84 Å². The Bertz CT molecular complexity index is 636. The molecule has 6 unspecified atom stereocenters. The fourth-order valence-electron chi connectivity index (χ4n) is 6.93. The number of hydrogen-bond acceptors (Lipinski definition) is 4. The number of cyclic esters (lactones) is 1. The summed E-state index contributed by atoms with van der Waals surface area (Å²) < 4.78 is 5.77. The molecule has 24 heavy (non-hydrogen) atoms. The average molecular weight is 332 g/mol. The van der Waals surface area contributed by atoms with Gasteiger partial charge >= 0.3 is 5.97 Å². The highest BCUT2D eigenvalue weighted by Gasteiger charge is 2.68. The van der Waals surface area contributed by atoms with Crippen LogP contribution in [0.25, 0.3) is 0 Å². The molecule has 5 aliphatic rings. The van der Waals surface area contributed by atoms with Crippen LogP contribution in [-0.4, -0.2) is 28.6 Å². The van der Waals surface area contributed by atoms with Crippen LogP contribution < -0.4 is 0 Å². The number of carbonyl (C=O) groups excluding carboxylic acids is 2. The summed E-state index contributed by atoms with van der Waals surface area (Å²) in [4.78, 5) is 25.2. The molecule has 4 nitrogen and oxygen atoms in total. The van der Waals surface area contributed by atoms with Gasteiger partial charge in [-0.1, -0.05) is 19.1 Å². The molecule has 2 bridgehead atoms. The predicted octanol–water partition coefficient (Wildman–Crippen LogP) is 3.03. The molecule has 1 N–H and O–H groups in total.